The van der Waals surface area contributed by atoms with E-state index in [1.807, 2.05) is 24.3 Å². The van der Waals surface area contributed by atoms with E-state index in [-0.39, 0.29) is 17.4 Å². The van der Waals surface area contributed by atoms with Crippen molar-refractivity contribution >= 4 is 28.8 Å². The lowest BCUT2D eigenvalue weighted by molar-refractivity contribution is -0.121. The molecule has 2 amide bonds. The number of aromatic amines is 1. The lowest BCUT2D eigenvalue weighted by atomic mass is 9.95. The standard InChI is InChI=1S/C20H18F2N4O2/c21-13-5-6-14(15(22)11-13)19(28)26-9-7-12(8-10-26)18(27)25-20-23-16-3-1-2-4-17(16)24-20/h1-6,11-12H,7-10H2,(H2,23,24,25,27). The molecule has 1 aliphatic rings. The zero-order chi connectivity index (χ0) is 19.7. The van der Waals surface area contributed by atoms with Gasteiger partial charge in [0.25, 0.3) is 5.91 Å². The van der Waals surface area contributed by atoms with Gasteiger partial charge in [-0.1, -0.05) is 12.1 Å². The molecular formula is C20H18F2N4O2. The summed E-state index contributed by atoms with van der Waals surface area (Å²) < 4.78 is 26.9. The Bertz CT molecular complexity index is 1010. The lowest BCUT2D eigenvalue weighted by Gasteiger charge is -2.31. The summed E-state index contributed by atoms with van der Waals surface area (Å²) in [4.78, 5) is 33.8. The third kappa shape index (κ3) is 3.58. The number of carbonyl (C=O) groups excluding carboxylic acids is 2. The Morgan fingerprint density at radius 2 is 1.86 bits per heavy atom. The molecule has 1 saturated heterocycles. The molecule has 0 saturated carbocycles. The summed E-state index contributed by atoms with van der Waals surface area (Å²) in [5, 5.41) is 2.78. The van der Waals surface area contributed by atoms with E-state index >= 15 is 0 Å². The predicted molar refractivity (Wildman–Crippen MR) is 99.7 cm³/mol. The van der Waals surface area contributed by atoms with E-state index in [4.69, 9.17) is 0 Å². The van der Waals surface area contributed by atoms with Crippen LogP contribution >= 0.6 is 0 Å². The lowest BCUT2D eigenvalue weighted by Crippen LogP contribution is -2.41. The minimum atomic E-state index is -0.880. The fraction of sp³-hybridized carbons (Fsp3) is 0.250. The average molecular weight is 384 g/mol. The summed E-state index contributed by atoms with van der Waals surface area (Å²) in [6, 6.07) is 10.4. The molecular weight excluding hydrogens is 366 g/mol. The fourth-order valence-corrected chi connectivity index (χ4v) is 3.41. The predicted octanol–water partition coefficient (Wildman–Crippen LogP) is 3.33. The Morgan fingerprint density at radius 1 is 1.11 bits per heavy atom. The molecule has 1 aromatic heterocycles. The number of imidazole rings is 1. The van der Waals surface area contributed by atoms with Crippen molar-refractivity contribution in [2.24, 2.45) is 5.92 Å². The topological polar surface area (TPSA) is 78.1 Å². The summed E-state index contributed by atoms with van der Waals surface area (Å²) in [6.45, 7) is 0.654. The number of piperidine rings is 1. The zero-order valence-corrected chi connectivity index (χ0v) is 14.9. The first-order chi connectivity index (χ1) is 13.5. The van der Waals surface area contributed by atoms with Crippen LogP contribution < -0.4 is 5.32 Å². The Morgan fingerprint density at radius 3 is 2.57 bits per heavy atom. The molecule has 1 fully saturated rings. The molecule has 28 heavy (non-hydrogen) atoms. The van der Waals surface area contributed by atoms with Crippen LogP contribution in [0.2, 0.25) is 0 Å². The molecule has 0 atom stereocenters. The average Bonchev–Trinajstić information content (AvgIpc) is 3.10. The van der Waals surface area contributed by atoms with Crippen molar-refractivity contribution in [2.75, 3.05) is 18.4 Å². The molecule has 2 aromatic carbocycles. The van der Waals surface area contributed by atoms with Crippen LogP contribution in [0.5, 0.6) is 0 Å². The first-order valence-corrected chi connectivity index (χ1v) is 9.01. The van der Waals surface area contributed by atoms with Gasteiger partial charge in [0.05, 0.1) is 16.6 Å². The molecule has 144 valence electrons. The highest BCUT2D eigenvalue weighted by Gasteiger charge is 2.29. The molecule has 6 nitrogen and oxygen atoms in total. The number of hydrogen-bond donors (Lipinski definition) is 2. The van der Waals surface area contributed by atoms with Gasteiger partial charge in [-0.15, -0.1) is 0 Å². The van der Waals surface area contributed by atoms with Crippen molar-refractivity contribution < 1.29 is 18.4 Å². The molecule has 0 aliphatic carbocycles. The van der Waals surface area contributed by atoms with E-state index in [1.54, 1.807) is 0 Å². The number of rotatable bonds is 3. The fourth-order valence-electron chi connectivity index (χ4n) is 3.41. The second kappa shape index (κ2) is 7.38. The van der Waals surface area contributed by atoms with Crippen LogP contribution in [0.25, 0.3) is 11.0 Å². The highest BCUT2D eigenvalue weighted by atomic mass is 19.1. The van der Waals surface area contributed by atoms with Crippen molar-refractivity contribution in [2.45, 2.75) is 12.8 Å². The zero-order valence-electron chi connectivity index (χ0n) is 14.9. The maximum Gasteiger partial charge on any atom is 0.256 e. The number of H-pyrrole nitrogens is 1. The van der Waals surface area contributed by atoms with Crippen molar-refractivity contribution in [1.29, 1.82) is 0 Å². The van der Waals surface area contributed by atoms with E-state index in [1.165, 1.54) is 4.90 Å². The van der Waals surface area contributed by atoms with Crippen molar-refractivity contribution in [3.05, 3.63) is 59.7 Å². The van der Waals surface area contributed by atoms with E-state index in [2.05, 4.69) is 15.3 Å². The van der Waals surface area contributed by atoms with Gasteiger partial charge in [0.1, 0.15) is 11.6 Å². The third-order valence-electron chi connectivity index (χ3n) is 4.95. The van der Waals surface area contributed by atoms with Crippen LogP contribution in [0.4, 0.5) is 14.7 Å². The molecule has 0 bridgehead atoms. The molecule has 0 radical (unpaired) electrons. The smallest absolute Gasteiger partial charge is 0.256 e. The Balaban J connectivity index is 1.36. The van der Waals surface area contributed by atoms with Gasteiger partial charge >= 0.3 is 0 Å². The largest absolute Gasteiger partial charge is 0.339 e. The van der Waals surface area contributed by atoms with Gasteiger partial charge in [-0.2, -0.15) is 0 Å². The van der Waals surface area contributed by atoms with E-state index in [0.717, 1.165) is 23.2 Å². The summed E-state index contributed by atoms with van der Waals surface area (Å²) in [5.74, 6) is -2.15. The van der Waals surface area contributed by atoms with E-state index < -0.39 is 17.5 Å². The molecule has 1 aliphatic heterocycles. The second-order valence-electron chi connectivity index (χ2n) is 6.78. The normalized spacial score (nSPS) is 15.0. The molecule has 2 heterocycles. The first kappa shape index (κ1) is 18.1. The molecule has 8 heteroatoms. The number of benzene rings is 2. The highest BCUT2D eigenvalue weighted by molar-refractivity contribution is 5.95. The Labute approximate surface area is 159 Å². The Kier molecular flexibility index (Phi) is 4.77. The molecule has 0 spiro atoms. The number of likely N-dealkylation sites (tertiary alicyclic amines) is 1. The summed E-state index contributed by atoms with van der Waals surface area (Å²) >= 11 is 0. The van der Waals surface area contributed by atoms with Gasteiger partial charge in [0, 0.05) is 25.1 Å². The van der Waals surface area contributed by atoms with Crippen LogP contribution in [0.3, 0.4) is 0 Å². The molecule has 4 rings (SSSR count). The number of anilines is 1. The number of fused-ring (bicyclic) bond motifs is 1. The van der Waals surface area contributed by atoms with E-state index in [9.17, 15) is 18.4 Å². The Hall–Kier alpha value is -3.29. The van der Waals surface area contributed by atoms with Crippen LogP contribution in [0.15, 0.2) is 42.5 Å². The number of hydrogen-bond acceptors (Lipinski definition) is 3. The van der Waals surface area contributed by atoms with E-state index in [0.29, 0.717) is 37.9 Å². The molecule has 0 unspecified atom stereocenters. The van der Waals surface area contributed by atoms with Gasteiger partial charge in [0.2, 0.25) is 11.9 Å². The van der Waals surface area contributed by atoms with Crippen molar-refractivity contribution in [3.63, 3.8) is 0 Å². The van der Waals surface area contributed by atoms with Crippen LogP contribution in [0.1, 0.15) is 23.2 Å². The van der Waals surface area contributed by atoms with Crippen LogP contribution in [-0.4, -0.2) is 39.8 Å². The minimum Gasteiger partial charge on any atom is -0.339 e. The number of nitrogens with zero attached hydrogens (tertiary/aromatic N) is 2. The van der Waals surface area contributed by atoms with Gasteiger partial charge in [-0.25, -0.2) is 13.8 Å². The maximum atomic E-state index is 13.8. The summed E-state index contributed by atoms with van der Waals surface area (Å²) in [6.07, 6.45) is 0.918. The van der Waals surface area contributed by atoms with Gasteiger partial charge in [-0.3, -0.25) is 14.9 Å². The SMILES string of the molecule is O=C(Nc1nc2ccccc2[nH]1)C1CCN(C(=O)c2ccc(F)cc2F)CC1. The molecule has 2 N–H and O–H groups in total. The minimum absolute atomic E-state index is 0.161. The van der Waals surface area contributed by atoms with Gasteiger partial charge in [0.15, 0.2) is 0 Å². The quantitative estimate of drug-likeness (QED) is 0.727. The number of para-hydroxylation sites is 2. The number of nitrogens with one attached hydrogen (secondary N) is 2. The molecule has 3 aromatic rings. The number of amides is 2. The van der Waals surface area contributed by atoms with Crippen LogP contribution in [-0.2, 0) is 4.79 Å². The summed E-state index contributed by atoms with van der Waals surface area (Å²) in [7, 11) is 0. The van der Waals surface area contributed by atoms with Gasteiger partial charge < -0.3 is 9.88 Å². The highest BCUT2D eigenvalue weighted by Crippen LogP contribution is 2.22. The van der Waals surface area contributed by atoms with Crippen molar-refractivity contribution in [3.8, 4) is 0 Å². The first-order valence-electron chi connectivity index (χ1n) is 9.01. The number of halogens is 2. The van der Waals surface area contributed by atoms with Gasteiger partial charge in [-0.05, 0) is 37.1 Å². The third-order valence-corrected chi connectivity index (χ3v) is 4.95. The van der Waals surface area contributed by atoms with Crippen molar-refractivity contribution in [1.82, 2.24) is 14.9 Å². The monoisotopic (exact) mass is 384 g/mol. The van der Waals surface area contributed by atoms with Crippen LogP contribution in [0, 0.1) is 17.6 Å². The number of carbonyl (C=O) groups is 2. The summed E-state index contributed by atoms with van der Waals surface area (Å²) in [5.41, 5.74) is 1.44. The maximum absolute atomic E-state index is 13.8. The second-order valence-corrected chi connectivity index (χ2v) is 6.78. The number of aromatic nitrogens is 2.